The molecule has 1 saturated carbocycles. The summed E-state index contributed by atoms with van der Waals surface area (Å²) in [5.41, 5.74) is 1.12. The largest absolute Gasteiger partial charge is 0.292 e. The molecular formula is C11H8BrNO2. The zero-order valence-electron chi connectivity index (χ0n) is 7.84. The summed E-state index contributed by atoms with van der Waals surface area (Å²) in [5.74, 6) is -0.420. The van der Waals surface area contributed by atoms with Crippen LogP contribution in [0.5, 0.6) is 0 Å². The Morgan fingerprint density at radius 1 is 1.27 bits per heavy atom. The molecule has 0 bridgehead atoms. The predicted molar refractivity (Wildman–Crippen MR) is 57.5 cm³/mol. The Kier molecular flexibility index (Phi) is 1.63. The Morgan fingerprint density at radius 3 is 2.67 bits per heavy atom. The number of hydrogen-bond acceptors (Lipinski definition) is 2. The van der Waals surface area contributed by atoms with Gasteiger partial charge < -0.3 is 0 Å². The van der Waals surface area contributed by atoms with Gasteiger partial charge in [0.1, 0.15) is 0 Å². The smallest absolute Gasteiger partial charge is 0.258 e. The summed E-state index contributed by atoms with van der Waals surface area (Å²) in [4.78, 5) is 23.3. The second-order valence-electron chi connectivity index (χ2n) is 4.06. The van der Waals surface area contributed by atoms with E-state index >= 15 is 0 Å². The second-order valence-corrected chi connectivity index (χ2v) is 4.97. The minimum absolute atomic E-state index is 0.137. The Bertz CT molecular complexity index is 491. The van der Waals surface area contributed by atoms with Gasteiger partial charge >= 0.3 is 0 Å². The lowest BCUT2D eigenvalue weighted by Crippen LogP contribution is -2.44. The fourth-order valence-electron chi connectivity index (χ4n) is 2.16. The average Bonchev–Trinajstić information content (AvgIpc) is 2.96. The van der Waals surface area contributed by atoms with Crippen molar-refractivity contribution in [2.45, 2.75) is 18.3 Å². The number of imide groups is 1. The van der Waals surface area contributed by atoms with Gasteiger partial charge in [0.05, 0.1) is 5.41 Å². The van der Waals surface area contributed by atoms with E-state index in [-0.39, 0.29) is 11.8 Å². The van der Waals surface area contributed by atoms with Crippen molar-refractivity contribution in [1.29, 1.82) is 0 Å². The summed E-state index contributed by atoms with van der Waals surface area (Å²) in [6.07, 6.45) is 1.70. The fraction of sp³-hybridized carbons (Fsp3) is 0.273. The van der Waals surface area contributed by atoms with Gasteiger partial charge in [0.25, 0.3) is 5.91 Å². The third kappa shape index (κ3) is 1.11. The molecule has 0 radical (unpaired) electrons. The molecule has 0 unspecified atom stereocenters. The molecule has 0 aromatic heterocycles. The van der Waals surface area contributed by atoms with E-state index in [0.717, 1.165) is 22.9 Å². The minimum atomic E-state index is -0.399. The van der Waals surface area contributed by atoms with E-state index in [2.05, 4.69) is 21.2 Å². The summed E-state index contributed by atoms with van der Waals surface area (Å²) in [7, 11) is 0. The number of halogens is 1. The fourth-order valence-corrected chi connectivity index (χ4v) is 2.52. The Balaban J connectivity index is 2.26. The Labute approximate surface area is 95.0 Å². The molecule has 1 N–H and O–H groups in total. The first-order valence-corrected chi connectivity index (χ1v) is 5.59. The summed E-state index contributed by atoms with van der Waals surface area (Å²) < 4.78 is 0.863. The number of carbonyl (C=O) groups excluding carboxylic acids is 2. The molecule has 4 heteroatoms. The number of carbonyl (C=O) groups is 2. The van der Waals surface area contributed by atoms with Gasteiger partial charge in [-0.1, -0.05) is 22.0 Å². The lowest BCUT2D eigenvalue weighted by Gasteiger charge is -2.23. The summed E-state index contributed by atoms with van der Waals surface area (Å²) in [6, 6.07) is 5.53. The van der Waals surface area contributed by atoms with Crippen molar-refractivity contribution in [3.05, 3.63) is 33.8 Å². The van der Waals surface area contributed by atoms with Crippen LogP contribution in [0.15, 0.2) is 22.7 Å². The van der Waals surface area contributed by atoms with Crippen molar-refractivity contribution in [3.63, 3.8) is 0 Å². The van der Waals surface area contributed by atoms with Gasteiger partial charge in [0.15, 0.2) is 0 Å². The third-order valence-electron chi connectivity index (χ3n) is 3.15. The lowest BCUT2D eigenvalue weighted by molar-refractivity contribution is -0.122. The number of amides is 2. The molecule has 76 valence electrons. The topological polar surface area (TPSA) is 46.2 Å². The standard InChI is InChI=1S/C11H8BrNO2/c12-6-1-2-8-7(5-6)9(14)13-10(15)11(8)3-4-11/h1-2,5H,3-4H2,(H,13,14,15). The van der Waals surface area contributed by atoms with Crippen LogP contribution in [0.2, 0.25) is 0 Å². The number of hydrogen-bond donors (Lipinski definition) is 1. The lowest BCUT2D eigenvalue weighted by atomic mass is 9.87. The van der Waals surface area contributed by atoms with Crippen LogP contribution in [-0.4, -0.2) is 11.8 Å². The monoisotopic (exact) mass is 265 g/mol. The second kappa shape index (κ2) is 2.70. The van der Waals surface area contributed by atoms with E-state index < -0.39 is 5.41 Å². The quantitative estimate of drug-likeness (QED) is 0.727. The van der Waals surface area contributed by atoms with Crippen LogP contribution in [0, 0.1) is 0 Å². The number of fused-ring (bicyclic) bond motifs is 2. The van der Waals surface area contributed by atoms with Gasteiger partial charge in [-0.3, -0.25) is 14.9 Å². The molecule has 1 aliphatic heterocycles. The Morgan fingerprint density at radius 2 is 2.00 bits per heavy atom. The van der Waals surface area contributed by atoms with Crippen molar-refractivity contribution in [2.75, 3.05) is 0 Å². The highest BCUT2D eigenvalue weighted by molar-refractivity contribution is 9.10. The molecule has 1 heterocycles. The van der Waals surface area contributed by atoms with Gasteiger partial charge in [0.2, 0.25) is 5.91 Å². The average molecular weight is 266 g/mol. The van der Waals surface area contributed by atoms with E-state index in [9.17, 15) is 9.59 Å². The van der Waals surface area contributed by atoms with Crippen LogP contribution in [0.3, 0.4) is 0 Å². The van der Waals surface area contributed by atoms with Crippen molar-refractivity contribution in [3.8, 4) is 0 Å². The highest BCUT2D eigenvalue weighted by atomic mass is 79.9. The van der Waals surface area contributed by atoms with Crippen molar-refractivity contribution >= 4 is 27.7 Å². The molecule has 3 rings (SSSR count). The molecule has 0 saturated heterocycles. The van der Waals surface area contributed by atoms with E-state index in [1.807, 2.05) is 12.1 Å². The molecular weight excluding hydrogens is 258 g/mol. The van der Waals surface area contributed by atoms with E-state index in [4.69, 9.17) is 0 Å². The normalized spacial score (nSPS) is 21.1. The van der Waals surface area contributed by atoms with Crippen molar-refractivity contribution in [1.82, 2.24) is 5.32 Å². The first-order valence-electron chi connectivity index (χ1n) is 4.79. The van der Waals surface area contributed by atoms with Gasteiger partial charge in [-0.2, -0.15) is 0 Å². The van der Waals surface area contributed by atoms with Crippen molar-refractivity contribution < 1.29 is 9.59 Å². The highest BCUT2D eigenvalue weighted by Crippen LogP contribution is 2.51. The molecule has 15 heavy (non-hydrogen) atoms. The molecule has 2 amide bonds. The highest BCUT2D eigenvalue weighted by Gasteiger charge is 2.55. The molecule has 1 aromatic carbocycles. The summed E-state index contributed by atoms with van der Waals surface area (Å²) in [5, 5.41) is 2.42. The van der Waals surface area contributed by atoms with Crippen LogP contribution >= 0.6 is 15.9 Å². The van der Waals surface area contributed by atoms with Gasteiger partial charge in [-0.05, 0) is 30.5 Å². The van der Waals surface area contributed by atoms with E-state index in [0.29, 0.717) is 5.56 Å². The maximum Gasteiger partial charge on any atom is 0.258 e. The van der Waals surface area contributed by atoms with E-state index in [1.165, 1.54) is 0 Å². The molecule has 0 atom stereocenters. The van der Waals surface area contributed by atoms with E-state index in [1.54, 1.807) is 6.07 Å². The molecule has 1 aliphatic carbocycles. The zero-order chi connectivity index (χ0) is 10.6. The van der Waals surface area contributed by atoms with Gasteiger partial charge in [-0.25, -0.2) is 0 Å². The molecule has 2 aliphatic rings. The van der Waals surface area contributed by atoms with Gasteiger partial charge in [0, 0.05) is 10.0 Å². The minimum Gasteiger partial charge on any atom is -0.292 e. The van der Waals surface area contributed by atoms with Crippen LogP contribution in [0.25, 0.3) is 0 Å². The van der Waals surface area contributed by atoms with Crippen LogP contribution in [-0.2, 0) is 10.2 Å². The first-order chi connectivity index (χ1) is 7.13. The maximum absolute atomic E-state index is 11.7. The predicted octanol–water partition coefficient (Wildman–Crippen LogP) is 1.75. The third-order valence-corrected chi connectivity index (χ3v) is 3.65. The number of rotatable bonds is 0. The van der Waals surface area contributed by atoms with Crippen molar-refractivity contribution in [2.24, 2.45) is 0 Å². The number of nitrogens with one attached hydrogen (secondary N) is 1. The molecule has 1 fully saturated rings. The first kappa shape index (κ1) is 9.09. The number of benzene rings is 1. The van der Waals surface area contributed by atoms with Gasteiger partial charge in [-0.15, -0.1) is 0 Å². The van der Waals surface area contributed by atoms with Crippen LogP contribution in [0.1, 0.15) is 28.8 Å². The zero-order valence-corrected chi connectivity index (χ0v) is 9.43. The summed E-state index contributed by atoms with van der Waals surface area (Å²) >= 11 is 3.33. The molecule has 1 aromatic rings. The van der Waals surface area contributed by atoms with Crippen LogP contribution < -0.4 is 5.32 Å². The Hall–Kier alpha value is -1.16. The maximum atomic E-state index is 11.7. The summed E-state index contributed by atoms with van der Waals surface area (Å²) in [6.45, 7) is 0. The SMILES string of the molecule is O=C1NC(=O)C2(CC2)c2ccc(Br)cc21. The molecule has 3 nitrogen and oxygen atoms in total. The molecule has 1 spiro atoms. The van der Waals surface area contributed by atoms with Crippen LogP contribution in [0.4, 0.5) is 0 Å².